The van der Waals surface area contributed by atoms with Gasteiger partial charge in [-0.15, -0.1) is 0 Å². The molecule has 0 aromatic heterocycles. The lowest BCUT2D eigenvalue weighted by Gasteiger charge is -2.11. The Morgan fingerprint density at radius 3 is 2.21 bits per heavy atom. The summed E-state index contributed by atoms with van der Waals surface area (Å²) in [5, 5.41) is 2.92. The van der Waals surface area contributed by atoms with Crippen LogP contribution in [0.1, 0.15) is 18.9 Å². The van der Waals surface area contributed by atoms with Gasteiger partial charge in [0, 0.05) is 12.1 Å². The van der Waals surface area contributed by atoms with Crippen molar-refractivity contribution in [1.29, 1.82) is 0 Å². The molecule has 0 bridgehead atoms. The molecule has 0 saturated carbocycles. The molecule has 0 radical (unpaired) electrons. The van der Waals surface area contributed by atoms with Gasteiger partial charge in [0.15, 0.2) is 0 Å². The molecule has 1 N–H and O–H groups in total. The van der Waals surface area contributed by atoms with Crippen LogP contribution in [-0.2, 0) is 11.2 Å². The quantitative estimate of drug-likeness (QED) is 0.860. The van der Waals surface area contributed by atoms with Crippen molar-refractivity contribution < 1.29 is 4.79 Å². The Hall–Kier alpha value is -2.09. The van der Waals surface area contributed by atoms with E-state index in [0.717, 1.165) is 12.1 Å². The van der Waals surface area contributed by atoms with Gasteiger partial charge in [-0.25, -0.2) is 0 Å². The SMILES string of the molecule is C[C@H](CC(=O)Nc1ccccc1)Cc1ccccc1. The summed E-state index contributed by atoms with van der Waals surface area (Å²) in [5.74, 6) is 0.417. The van der Waals surface area contributed by atoms with Crippen molar-refractivity contribution in [3.8, 4) is 0 Å². The van der Waals surface area contributed by atoms with Gasteiger partial charge in [0.05, 0.1) is 0 Å². The third-order valence-electron chi connectivity index (χ3n) is 3.02. The number of benzene rings is 2. The summed E-state index contributed by atoms with van der Waals surface area (Å²) >= 11 is 0. The van der Waals surface area contributed by atoms with E-state index < -0.39 is 0 Å². The molecule has 0 heterocycles. The standard InChI is InChI=1S/C17H19NO/c1-14(12-15-8-4-2-5-9-15)13-17(19)18-16-10-6-3-7-11-16/h2-11,14H,12-13H2,1H3,(H,18,19)/t14-/m0/s1. The van der Waals surface area contributed by atoms with Crippen LogP contribution in [0.2, 0.25) is 0 Å². The smallest absolute Gasteiger partial charge is 0.224 e. The van der Waals surface area contributed by atoms with E-state index in [1.54, 1.807) is 0 Å². The van der Waals surface area contributed by atoms with Gasteiger partial charge in [0.1, 0.15) is 0 Å². The van der Waals surface area contributed by atoms with Gasteiger partial charge in [0.25, 0.3) is 0 Å². The van der Waals surface area contributed by atoms with E-state index in [4.69, 9.17) is 0 Å². The Balaban J connectivity index is 1.82. The Labute approximate surface area is 114 Å². The summed E-state index contributed by atoms with van der Waals surface area (Å²) in [5.41, 5.74) is 2.14. The van der Waals surface area contributed by atoms with Crippen molar-refractivity contribution in [2.24, 2.45) is 5.92 Å². The minimum Gasteiger partial charge on any atom is -0.326 e. The summed E-state index contributed by atoms with van der Waals surface area (Å²) in [6, 6.07) is 19.9. The third-order valence-corrected chi connectivity index (χ3v) is 3.02. The highest BCUT2D eigenvalue weighted by atomic mass is 16.1. The second-order valence-electron chi connectivity index (χ2n) is 4.91. The van der Waals surface area contributed by atoms with E-state index in [-0.39, 0.29) is 5.91 Å². The largest absolute Gasteiger partial charge is 0.326 e. The maximum absolute atomic E-state index is 11.9. The second-order valence-corrected chi connectivity index (χ2v) is 4.91. The van der Waals surface area contributed by atoms with E-state index in [9.17, 15) is 4.79 Å². The fraction of sp³-hybridized carbons (Fsp3) is 0.235. The zero-order valence-electron chi connectivity index (χ0n) is 11.2. The molecule has 0 fully saturated rings. The first kappa shape index (κ1) is 13.3. The molecule has 2 aromatic carbocycles. The first-order chi connectivity index (χ1) is 9.24. The topological polar surface area (TPSA) is 29.1 Å². The number of carbonyl (C=O) groups excluding carboxylic acids is 1. The Morgan fingerprint density at radius 1 is 1.00 bits per heavy atom. The molecule has 0 saturated heterocycles. The fourth-order valence-corrected chi connectivity index (χ4v) is 2.14. The van der Waals surface area contributed by atoms with Crippen LogP contribution in [0.25, 0.3) is 0 Å². The van der Waals surface area contributed by atoms with Gasteiger partial charge in [-0.2, -0.15) is 0 Å². The summed E-state index contributed by atoms with van der Waals surface area (Å²) in [6.07, 6.45) is 1.48. The van der Waals surface area contributed by atoms with E-state index in [2.05, 4.69) is 24.4 Å². The molecule has 1 amide bonds. The highest BCUT2D eigenvalue weighted by Gasteiger charge is 2.09. The number of nitrogens with one attached hydrogen (secondary N) is 1. The van der Waals surface area contributed by atoms with Crippen molar-refractivity contribution >= 4 is 11.6 Å². The van der Waals surface area contributed by atoms with Gasteiger partial charge in [-0.3, -0.25) is 4.79 Å². The highest BCUT2D eigenvalue weighted by Crippen LogP contribution is 2.13. The van der Waals surface area contributed by atoms with Crippen LogP contribution in [0, 0.1) is 5.92 Å². The molecular weight excluding hydrogens is 234 g/mol. The Kier molecular flexibility index (Phi) is 4.73. The molecule has 0 spiro atoms. The fourth-order valence-electron chi connectivity index (χ4n) is 2.14. The van der Waals surface area contributed by atoms with Crippen molar-refractivity contribution in [1.82, 2.24) is 0 Å². The Morgan fingerprint density at radius 2 is 1.58 bits per heavy atom. The normalized spacial score (nSPS) is 11.8. The van der Waals surface area contributed by atoms with Crippen LogP contribution in [0.4, 0.5) is 5.69 Å². The molecular formula is C17H19NO. The van der Waals surface area contributed by atoms with Crippen LogP contribution in [0.15, 0.2) is 60.7 Å². The number of anilines is 1. The molecule has 0 unspecified atom stereocenters. The molecule has 2 rings (SSSR count). The maximum atomic E-state index is 11.9. The minimum absolute atomic E-state index is 0.0784. The van der Waals surface area contributed by atoms with Crippen LogP contribution in [-0.4, -0.2) is 5.91 Å². The molecule has 19 heavy (non-hydrogen) atoms. The molecule has 2 nitrogen and oxygen atoms in total. The molecule has 1 atom stereocenters. The summed E-state index contributed by atoms with van der Waals surface area (Å²) < 4.78 is 0. The van der Waals surface area contributed by atoms with Crippen LogP contribution in [0.5, 0.6) is 0 Å². The molecule has 0 aliphatic carbocycles. The van der Waals surface area contributed by atoms with E-state index >= 15 is 0 Å². The zero-order chi connectivity index (χ0) is 13.5. The van der Waals surface area contributed by atoms with Gasteiger partial charge in [-0.1, -0.05) is 55.5 Å². The van der Waals surface area contributed by atoms with E-state index in [0.29, 0.717) is 12.3 Å². The van der Waals surface area contributed by atoms with Crippen molar-refractivity contribution in [2.75, 3.05) is 5.32 Å². The van der Waals surface area contributed by atoms with Crippen LogP contribution in [0.3, 0.4) is 0 Å². The average Bonchev–Trinajstić information content (AvgIpc) is 2.40. The third kappa shape index (κ3) is 4.59. The second kappa shape index (κ2) is 6.74. The highest BCUT2D eigenvalue weighted by molar-refractivity contribution is 5.90. The molecule has 0 aliphatic heterocycles. The van der Waals surface area contributed by atoms with E-state index in [1.807, 2.05) is 48.5 Å². The van der Waals surface area contributed by atoms with Crippen molar-refractivity contribution in [3.63, 3.8) is 0 Å². The number of rotatable bonds is 5. The summed E-state index contributed by atoms with van der Waals surface area (Å²) in [4.78, 5) is 11.9. The first-order valence-corrected chi connectivity index (χ1v) is 6.63. The number of para-hydroxylation sites is 1. The summed E-state index contributed by atoms with van der Waals surface area (Å²) in [7, 11) is 0. The summed E-state index contributed by atoms with van der Waals surface area (Å²) in [6.45, 7) is 2.11. The predicted octanol–water partition coefficient (Wildman–Crippen LogP) is 3.89. The number of hydrogen-bond acceptors (Lipinski definition) is 1. The lowest BCUT2D eigenvalue weighted by atomic mass is 9.98. The lowest BCUT2D eigenvalue weighted by Crippen LogP contribution is -2.16. The van der Waals surface area contributed by atoms with Gasteiger partial charge in [-0.05, 0) is 30.0 Å². The van der Waals surface area contributed by atoms with Crippen LogP contribution < -0.4 is 5.32 Å². The van der Waals surface area contributed by atoms with Crippen molar-refractivity contribution in [2.45, 2.75) is 19.8 Å². The zero-order valence-corrected chi connectivity index (χ0v) is 11.2. The maximum Gasteiger partial charge on any atom is 0.224 e. The van der Waals surface area contributed by atoms with E-state index in [1.165, 1.54) is 5.56 Å². The number of amides is 1. The predicted molar refractivity (Wildman–Crippen MR) is 79.0 cm³/mol. The van der Waals surface area contributed by atoms with Gasteiger partial charge in [0.2, 0.25) is 5.91 Å². The minimum atomic E-state index is 0.0784. The first-order valence-electron chi connectivity index (χ1n) is 6.63. The van der Waals surface area contributed by atoms with Crippen LogP contribution >= 0.6 is 0 Å². The Bertz CT molecular complexity index is 507. The van der Waals surface area contributed by atoms with Crippen molar-refractivity contribution in [3.05, 3.63) is 66.2 Å². The monoisotopic (exact) mass is 253 g/mol. The van der Waals surface area contributed by atoms with Gasteiger partial charge >= 0.3 is 0 Å². The number of carbonyl (C=O) groups is 1. The molecule has 0 aliphatic rings. The molecule has 98 valence electrons. The average molecular weight is 253 g/mol. The van der Waals surface area contributed by atoms with Gasteiger partial charge < -0.3 is 5.32 Å². The lowest BCUT2D eigenvalue weighted by molar-refractivity contribution is -0.116. The number of hydrogen-bond donors (Lipinski definition) is 1. The molecule has 2 heteroatoms. The molecule has 2 aromatic rings.